The molecule has 0 radical (unpaired) electrons. The molecule has 0 amide bonds. The van der Waals surface area contributed by atoms with Crippen LogP contribution < -0.4 is 4.90 Å². The van der Waals surface area contributed by atoms with Crippen molar-refractivity contribution in [2.75, 3.05) is 4.90 Å². The van der Waals surface area contributed by atoms with Crippen LogP contribution in [0.2, 0.25) is 0 Å². The summed E-state index contributed by atoms with van der Waals surface area (Å²) in [5.74, 6) is 0. The van der Waals surface area contributed by atoms with Crippen LogP contribution in [0.25, 0.3) is 11.3 Å². The number of allylic oxidation sites excluding steroid dienone is 4. The summed E-state index contributed by atoms with van der Waals surface area (Å²) in [7, 11) is 0. The summed E-state index contributed by atoms with van der Waals surface area (Å²) >= 11 is 0. The minimum absolute atomic E-state index is 1.12. The summed E-state index contributed by atoms with van der Waals surface area (Å²) in [6.45, 7) is 2.17. The topological polar surface area (TPSA) is 3.24 Å². The molecule has 0 bridgehead atoms. The third-order valence-electron chi connectivity index (χ3n) is 5.78. The molecule has 0 atom stereocenters. The van der Waals surface area contributed by atoms with Gasteiger partial charge in [-0.2, -0.15) is 0 Å². The van der Waals surface area contributed by atoms with Gasteiger partial charge in [0.15, 0.2) is 0 Å². The lowest BCUT2D eigenvalue weighted by atomic mass is 9.85. The van der Waals surface area contributed by atoms with E-state index < -0.39 is 0 Å². The summed E-state index contributed by atoms with van der Waals surface area (Å²) in [5.41, 5.74) is 10.5. The van der Waals surface area contributed by atoms with Crippen molar-refractivity contribution in [1.82, 2.24) is 0 Å². The zero-order chi connectivity index (χ0) is 19.6. The average molecular weight is 376 g/mol. The number of hydrogen-bond donors (Lipinski definition) is 0. The van der Waals surface area contributed by atoms with Gasteiger partial charge in [0.2, 0.25) is 0 Å². The van der Waals surface area contributed by atoms with Crippen LogP contribution in [0.4, 0.5) is 5.69 Å². The van der Waals surface area contributed by atoms with E-state index in [-0.39, 0.29) is 0 Å². The molecule has 2 aliphatic rings. The predicted molar refractivity (Wildman–Crippen MR) is 123 cm³/mol. The fourth-order valence-electron chi connectivity index (χ4n) is 4.43. The molecular weight excluding hydrogens is 350 g/mol. The molecule has 0 unspecified atom stereocenters. The Morgan fingerprint density at radius 1 is 0.724 bits per heavy atom. The fourth-order valence-corrected chi connectivity index (χ4v) is 4.43. The van der Waals surface area contributed by atoms with Gasteiger partial charge in [-0.1, -0.05) is 78.9 Å². The summed E-state index contributed by atoms with van der Waals surface area (Å²) in [6.07, 6.45) is 8.29. The van der Waals surface area contributed by atoms with Gasteiger partial charge >= 0.3 is 0 Å². The summed E-state index contributed by atoms with van der Waals surface area (Å²) < 4.78 is 0. The number of hydrogen-bond acceptors (Lipinski definition) is 1. The van der Waals surface area contributed by atoms with Gasteiger partial charge in [0.05, 0.1) is 5.70 Å². The van der Waals surface area contributed by atoms with E-state index in [1.165, 1.54) is 51.3 Å². The Labute approximate surface area is 173 Å². The maximum Gasteiger partial charge on any atom is 0.0540 e. The van der Waals surface area contributed by atoms with Gasteiger partial charge in [-0.05, 0) is 72.2 Å². The van der Waals surface area contributed by atoms with Crippen molar-refractivity contribution in [3.05, 3.63) is 125 Å². The summed E-state index contributed by atoms with van der Waals surface area (Å²) in [5, 5.41) is 0. The third kappa shape index (κ3) is 3.34. The molecule has 0 aromatic heterocycles. The molecule has 29 heavy (non-hydrogen) atoms. The molecule has 3 aromatic carbocycles. The van der Waals surface area contributed by atoms with E-state index in [4.69, 9.17) is 0 Å². The Kier molecular flexibility index (Phi) is 4.65. The highest BCUT2D eigenvalue weighted by atomic mass is 15.2. The van der Waals surface area contributed by atoms with Gasteiger partial charge in [-0.3, -0.25) is 0 Å². The highest BCUT2D eigenvalue weighted by molar-refractivity contribution is 5.98. The van der Waals surface area contributed by atoms with Crippen molar-refractivity contribution >= 4 is 17.0 Å². The minimum atomic E-state index is 1.12. The number of anilines is 1. The molecule has 0 N–H and O–H groups in total. The average Bonchev–Trinajstić information content (AvgIpc) is 2.79. The van der Waals surface area contributed by atoms with E-state index in [0.29, 0.717) is 0 Å². The Hall–Kier alpha value is -3.32. The Bertz CT molecular complexity index is 1120. The van der Waals surface area contributed by atoms with Crippen molar-refractivity contribution in [1.29, 1.82) is 0 Å². The lowest BCUT2D eigenvalue weighted by Gasteiger charge is -2.38. The van der Waals surface area contributed by atoms with Crippen molar-refractivity contribution in [2.24, 2.45) is 0 Å². The number of rotatable bonds is 3. The third-order valence-corrected chi connectivity index (χ3v) is 5.78. The van der Waals surface area contributed by atoms with E-state index in [1.54, 1.807) is 0 Å². The Balaban J connectivity index is 1.77. The van der Waals surface area contributed by atoms with Crippen molar-refractivity contribution in [3.63, 3.8) is 0 Å². The SMILES string of the molecule is Cc1cccc(N2C3=CCCCC3=C(c3ccccc3)C=C2c2ccccc2)c1. The molecule has 1 nitrogen and oxygen atoms in total. The monoisotopic (exact) mass is 375 g/mol. The summed E-state index contributed by atoms with van der Waals surface area (Å²) in [4.78, 5) is 2.46. The van der Waals surface area contributed by atoms with E-state index >= 15 is 0 Å². The van der Waals surface area contributed by atoms with Gasteiger partial charge in [0.25, 0.3) is 0 Å². The maximum absolute atomic E-state index is 2.46. The van der Waals surface area contributed by atoms with E-state index in [2.05, 4.69) is 109 Å². The lowest BCUT2D eigenvalue weighted by Crippen LogP contribution is -2.27. The number of aryl methyl sites for hydroxylation is 1. The first kappa shape index (κ1) is 17.8. The van der Waals surface area contributed by atoms with E-state index in [1.807, 2.05) is 0 Å². The fraction of sp³-hybridized carbons (Fsp3) is 0.143. The first-order chi connectivity index (χ1) is 14.3. The molecule has 0 saturated carbocycles. The highest BCUT2D eigenvalue weighted by Crippen LogP contribution is 2.45. The van der Waals surface area contributed by atoms with Crippen LogP contribution >= 0.6 is 0 Å². The number of nitrogens with zero attached hydrogens (tertiary/aromatic N) is 1. The smallest absolute Gasteiger partial charge is 0.0540 e. The first-order valence-corrected chi connectivity index (χ1v) is 10.4. The normalized spacial score (nSPS) is 16.2. The lowest BCUT2D eigenvalue weighted by molar-refractivity contribution is 0.792. The van der Waals surface area contributed by atoms with Gasteiger partial charge in [-0.15, -0.1) is 0 Å². The molecule has 1 aliphatic carbocycles. The molecule has 0 saturated heterocycles. The zero-order valence-corrected chi connectivity index (χ0v) is 16.8. The van der Waals surface area contributed by atoms with Crippen LogP contribution in [0, 0.1) is 6.92 Å². The highest BCUT2D eigenvalue weighted by Gasteiger charge is 2.29. The van der Waals surface area contributed by atoms with Crippen molar-refractivity contribution in [2.45, 2.75) is 26.2 Å². The van der Waals surface area contributed by atoms with Crippen LogP contribution in [0.3, 0.4) is 0 Å². The molecule has 0 fully saturated rings. The van der Waals surface area contributed by atoms with Gasteiger partial charge in [0.1, 0.15) is 0 Å². The Morgan fingerprint density at radius 2 is 1.45 bits per heavy atom. The molecule has 0 spiro atoms. The molecule has 1 aliphatic heterocycles. The van der Waals surface area contributed by atoms with Gasteiger partial charge < -0.3 is 4.90 Å². The second-order valence-corrected chi connectivity index (χ2v) is 7.81. The Morgan fingerprint density at radius 3 is 2.17 bits per heavy atom. The quantitative estimate of drug-likeness (QED) is 0.462. The van der Waals surface area contributed by atoms with Crippen LogP contribution in [-0.2, 0) is 0 Å². The van der Waals surface area contributed by atoms with Gasteiger partial charge in [-0.25, -0.2) is 0 Å². The molecule has 142 valence electrons. The van der Waals surface area contributed by atoms with E-state index in [9.17, 15) is 0 Å². The minimum Gasteiger partial charge on any atom is -0.310 e. The van der Waals surface area contributed by atoms with Crippen LogP contribution in [0.15, 0.2) is 108 Å². The molecule has 5 rings (SSSR count). The number of fused-ring (bicyclic) bond motifs is 1. The predicted octanol–water partition coefficient (Wildman–Crippen LogP) is 7.38. The zero-order valence-electron chi connectivity index (χ0n) is 16.8. The molecule has 1 heteroatoms. The van der Waals surface area contributed by atoms with Crippen LogP contribution in [0.1, 0.15) is 36.0 Å². The van der Waals surface area contributed by atoms with E-state index in [0.717, 1.165) is 12.8 Å². The number of benzene rings is 3. The maximum atomic E-state index is 2.46. The second-order valence-electron chi connectivity index (χ2n) is 7.81. The molecular formula is C28H25N. The second kappa shape index (κ2) is 7.60. The van der Waals surface area contributed by atoms with Crippen molar-refractivity contribution < 1.29 is 0 Å². The van der Waals surface area contributed by atoms with Gasteiger partial charge in [0, 0.05) is 11.4 Å². The van der Waals surface area contributed by atoms with Crippen LogP contribution in [0.5, 0.6) is 0 Å². The first-order valence-electron chi connectivity index (χ1n) is 10.4. The molecule has 3 aromatic rings. The largest absolute Gasteiger partial charge is 0.310 e. The van der Waals surface area contributed by atoms with Crippen molar-refractivity contribution in [3.8, 4) is 0 Å². The summed E-state index contributed by atoms with van der Waals surface area (Å²) in [6, 6.07) is 30.4. The molecule has 1 heterocycles. The van der Waals surface area contributed by atoms with Crippen LogP contribution in [-0.4, -0.2) is 0 Å². The standard InChI is InChI=1S/C28H25N/c1-21-11-10-16-24(19-21)29-27-18-9-8-17-25(27)26(22-12-4-2-5-13-22)20-28(29)23-14-6-3-7-15-23/h2-7,10-16,18-20H,8-9,17H2,1H3.